The monoisotopic (exact) mass is 322 g/mol. The Balaban J connectivity index is 1.79. The highest BCUT2D eigenvalue weighted by Gasteiger charge is 2.31. The molecule has 4 rings (SSSR count). The molecular weight excluding hydrogens is 300 g/mol. The van der Waals surface area contributed by atoms with E-state index < -0.39 is 0 Å². The smallest absolute Gasteiger partial charge is 0.138 e. The molecule has 0 spiro atoms. The van der Waals surface area contributed by atoms with E-state index >= 15 is 0 Å². The van der Waals surface area contributed by atoms with Crippen molar-refractivity contribution in [3.05, 3.63) is 42.0 Å². The van der Waals surface area contributed by atoms with Crippen molar-refractivity contribution in [2.45, 2.75) is 44.4 Å². The lowest BCUT2D eigenvalue weighted by atomic mass is 9.70. The number of benzene rings is 2. The molecule has 124 valence electrons. The number of phenols is 2. The Bertz CT molecular complexity index is 892. The number of imidazole rings is 1. The summed E-state index contributed by atoms with van der Waals surface area (Å²) in [6.45, 7) is 2.25. The second-order valence-corrected chi connectivity index (χ2v) is 7.14. The van der Waals surface area contributed by atoms with Gasteiger partial charge in [-0.3, -0.25) is 0 Å². The summed E-state index contributed by atoms with van der Waals surface area (Å²) in [4.78, 5) is 7.88. The molecule has 24 heavy (non-hydrogen) atoms. The fourth-order valence-electron chi connectivity index (χ4n) is 3.90. The van der Waals surface area contributed by atoms with E-state index in [-0.39, 0.29) is 11.2 Å². The van der Waals surface area contributed by atoms with Gasteiger partial charge in [-0.05, 0) is 48.6 Å². The van der Waals surface area contributed by atoms with Crippen LogP contribution in [0.25, 0.3) is 22.4 Å². The fourth-order valence-corrected chi connectivity index (χ4v) is 3.90. The molecule has 0 aliphatic heterocycles. The molecule has 1 aromatic heterocycles. The van der Waals surface area contributed by atoms with Gasteiger partial charge < -0.3 is 15.2 Å². The number of H-pyrrole nitrogens is 1. The molecule has 2 aromatic carbocycles. The van der Waals surface area contributed by atoms with Crippen LogP contribution in [0, 0.1) is 0 Å². The summed E-state index contributed by atoms with van der Waals surface area (Å²) in [6.07, 6.45) is 5.92. The van der Waals surface area contributed by atoms with Gasteiger partial charge in [-0.1, -0.05) is 26.2 Å². The van der Waals surface area contributed by atoms with Gasteiger partial charge in [0, 0.05) is 17.2 Å². The van der Waals surface area contributed by atoms with E-state index in [4.69, 9.17) is 0 Å². The molecule has 1 heterocycles. The van der Waals surface area contributed by atoms with E-state index in [1.165, 1.54) is 19.3 Å². The number of nitrogens with zero attached hydrogens (tertiary/aromatic N) is 1. The SMILES string of the molecule is CC1(c2cc(-c3nc4ccc(O)cc4[nH]3)ccc2O)CCCCC1. The molecule has 0 atom stereocenters. The molecule has 0 unspecified atom stereocenters. The van der Waals surface area contributed by atoms with E-state index in [1.807, 2.05) is 6.07 Å². The highest BCUT2D eigenvalue weighted by atomic mass is 16.3. The predicted molar refractivity (Wildman–Crippen MR) is 95.3 cm³/mol. The van der Waals surface area contributed by atoms with Crippen molar-refractivity contribution in [2.75, 3.05) is 0 Å². The minimum atomic E-state index is 0.0304. The van der Waals surface area contributed by atoms with Crippen LogP contribution in [-0.2, 0) is 5.41 Å². The van der Waals surface area contributed by atoms with Gasteiger partial charge in [-0.25, -0.2) is 4.98 Å². The molecule has 0 bridgehead atoms. The van der Waals surface area contributed by atoms with Crippen LogP contribution in [0.15, 0.2) is 36.4 Å². The molecule has 1 saturated carbocycles. The van der Waals surface area contributed by atoms with E-state index in [0.717, 1.165) is 40.8 Å². The third kappa shape index (κ3) is 2.52. The zero-order valence-electron chi connectivity index (χ0n) is 13.8. The van der Waals surface area contributed by atoms with Gasteiger partial charge in [0.05, 0.1) is 11.0 Å². The zero-order chi connectivity index (χ0) is 16.7. The molecular formula is C20H22N2O2. The second kappa shape index (κ2) is 5.55. The van der Waals surface area contributed by atoms with Crippen molar-refractivity contribution in [3.63, 3.8) is 0 Å². The highest BCUT2D eigenvalue weighted by molar-refractivity contribution is 5.80. The Morgan fingerprint density at radius 3 is 2.58 bits per heavy atom. The van der Waals surface area contributed by atoms with Crippen LogP contribution < -0.4 is 0 Å². The van der Waals surface area contributed by atoms with Gasteiger partial charge in [0.25, 0.3) is 0 Å². The van der Waals surface area contributed by atoms with Crippen LogP contribution in [0.1, 0.15) is 44.6 Å². The van der Waals surface area contributed by atoms with Crippen molar-refractivity contribution in [2.24, 2.45) is 0 Å². The number of rotatable bonds is 2. The number of phenolic OH excluding ortho intramolecular Hbond substituents is 2. The Hall–Kier alpha value is -2.49. The van der Waals surface area contributed by atoms with Crippen molar-refractivity contribution < 1.29 is 10.2 Å². The quantitative estimate of drug-likeness (QED) is 0.631. The normalized spacial score (nSPS) is 17.2. The number of fused-ring (bicyclic) bond motifs is 1. The first kappa shape index (κ1) is 15.1. The zero-order valence-corrected chi connectivity index (χ0v) is 13.8. The molecule has 4 nitrogen and oxygen atoms in total. The number of hydrogen-bond donors (Lipinski definition) is 3. The van der Waals surface area contributed by atoms with E-state index in [9.17, 15) is 10.2 Å². The topological polar surface area (TPSA) is 69.1 Å². The van der Waals surface area contributed by atoms with Crippen LogP contribution in [0.3, 0.4) is 0 Å². The number of aromatic amines is 1. The third-order valence-electron chi connectivity index (χ3n) is 5.34. The summed E-state index contributed by atoms with van der Waals surface area (Å²) in [5.41, 5.74) is 3.64. The maximum atomic E-state index is 10.4. The van der Waals surface area contributed by atoms with Gasteiger partial charge in [0.1, 0.15) is 17.3 Å². The highest BCUT2D eigenvalue weighted by Crippen LogP contribution is 2.43. The first-order valence-corrected chi connectivity index (χ1v) is 8.58. The van der Waals surface area contributed by atoms with Crippen molar-refractivity contribution >= 4 is 11.0 Å². The van der Waals surface area contributed by atoms with Crippen LogP contribution in [0.2, 0.25) is 0 Å². The summed E-state index contributed by atoms with van der Waals surface area (Å²) in [6, 6.07) is 10.8. The second-order valence-electron chi connectivity index (χ2n) is 7.14. The van der Waals surface area contributed by atoms with Gasteiger partial charge in [-0.15, -0.1) is 0 Å². The number of nitrogens with one attached hydrogen (secondary N) is 1. The maximum Gasteiger partial charge on any atom is 0.138 e. The van der Waals surface area contributed by atoms with Gasteiger partial charge in [-0.2, -0.15) is 0 Å². The molecule has 0 saturated heterocycles. The number of aromatic nitrogens is 2. The fraction of sp³-hybridized carbons (Fsp3) is 0.350. The Morgan fingerprint density at radius 2 is 1.79 bits per heavy atom. The average Bonchev–Trinajstić information content (AvgIpc) is 2.99. The van der Waals surface area contributed by atoms with E-state index in [0.29, 0.717) is 5.75 Å². The molecule has 3 aromatic rings. The van der Waals surface area contributed by atoms with Crippen LogP contribution >= 0.6 is 0 Å². The van der Waals surface area contributed by atoms with Crippen LogP contribution in [0.4, 0.5) is 0 Å². The van der Waals surface area contributed by atoms with Crippen LogP contribution in [-0.4, -0.2) is 20.2 Å². The minimum Gasteiger partial charge on any atom is -0.508 e. The first-order chi connectivity index (χ1) is 11.5. The Morgan fingerprint density at radius 1 is 1.00 bits per heavy atom. The average molecular weight is 322 g/mol. The Labute approximate surface area is 141 Å². The largest absolute Gasteiger partial charge is 0.508 e. The molecule has 3 N–H and O–H groups in total. The summed E-state index contributed by atoms with van der Waals surface area (Å²) in [5, 5.41) is 20.0. The summed E-state index contributed by atoms with van der Waals surface area (Å²) < 4.78 is 0. The lowest BCUT2D eigenvalue weighted by molar-refractivity contribution is 0.308. The molecule has 1 aliphatic carbocycles. The van der Waals surface area contributed by atoms with Crippen molar-refractivity contribution in [1.82, 2.24) is 9.97 Å². The Kier molecular flexibility index (Phi) is 3.48. The molecule has 0 radical (unpaired) electrons. The molecule has 1 fully saturated rings. The minimum absolute atomic E-state index is 0.0304. The maximum absolute atomic E-state index is 10.4. The van der Waals surface area contributed by atoms with Gasteiger partial charge >= 0.3 is 0 Å². The van der Waals surface area contributed by atoms with E-state index in [1.54, 1.807) is 24.3 Å². The standard InChI is InChI=1S/C20H22N2O2/c1-20(9-3-2-4-10-20)15-11-13(5-8-18(15)24)19-21-16-7-6-14(23)12-17(16)22-19/h5-8,11-12,23-24H,2-4,9-10H2,1H3,(H,21,22). The lowest BCUT2D eigenvalue weighted by Crippen LogP contribution is -2.25. The van der Waals surface area contributed by atoms with Crippen molar-refractivity contribution in [3.8, 4) is 22.9 Å². The summed E-state index contributed by atoms with van der Waals surface area (Å²) in [7, 11) is 0. The van der Waals surface area contributed by atoms with Crippen molar-refractivity contribution in [1.29, 1.82) is 0 Å². The summed E-state index contributed by atoms with van der Waals surface area (Å²) >= 11 is 0. The third-order valence-corrected chi connectivity index (χ3v) is 5.34. The van der Waals surface area contributed by atoms with Crippen LogP contribution in [0.5, 0.6) is 11.5 Å². The first-order valence-electron chi connectivity index (χ1n) is 8.58. The van der Waals surface area contributed by atoms with E-state index in [2.05, 4.69) is 23.0 Å². The molecule has 0 amide bonds. The predicted octanol–water partition coefficient (Wildman–Crippen LogP) is 4.86. The van der Waals surface area contributed by atoms with Gasteiger partial charge in [0.15, 0.2) is 0 Å². The van der Waals surface area contributed by atoms with Gasteiger partial charge in [0.2, 0.25) is 0 Å². The molecule has 4 heteroatoms. The lowest BCUT2D eigenvalue weighted by Gasteiger charge is -2.34. The number of hydrogen-bond acceptors (Lipinski definition) is 3. The summed E-state index contributed by atoms with van der Waals surface area (Å²) in [5.74, 6) is 1.35. The molecule has 1 aliphatic rings. The number of aromatic hydroxyl groups is 2.